The van der Waals surface area contributed by atoms with Crippen LogP contribution in [-0.2, 0) is 4.79 Å². The van der Waals surface area contributed by atoms with Crippen LogP contribution in [0.4, 0.5) is 11.4 Å². The lowest BCUT2D eigenvalue weighted by Gasteiger charge is -2.33. The molecule has 1 heterocycles. The minimum Gasteiger partial charge on any atom is -0.371 e. The molecule has 0 radical (unpaired) electrons. The molecule has 2 aromatic carbocycles. The molecule has 148 valence electrons. The number of piperidine rings is 1. The quantitative estimate of drug-likeness (QED) is 0.713. The van der Waals surface area contributed by atoms with Gasteiger partial charge in [-0.15, -0.1) is 0 Å². The molecule has 2 aromatic rings. The predicted octanol–water partition coefficient (Wildman–Crippen LogP) is 4.07. The summed E-state index contributed by atoms with van der Waals surface area (Å²) < 4.78 is 0. The maximum absolute atomic E-state index is 12.8. The standard InChI is InChI=1S/C23H29N3O2/c1-2-3-15-24-23(28)20-11-7-8-12-21(20)25-22(27)18-13-16-26(17-14-18)19-9-5-4-6-10-19/h4-12,18H,2-3,13-17H2,1H3,(H,24,28)(H,25,27). The van der Waals surface area contributed by atoms with Crippen molar-refractivity contribution < 1.29 is 9.59 Å². The maximum Gasteiger partial charge on any atom is 0.253 e. The summed E-state index contributed by atoms with van der Waals surface area (Å²) in [7, 11) is 0. The van der Waals surface area contributed by atoms with Crippen LogP contribution in [0.25, 0.3) is 0 Å². The van der Waals surface area contributed by atoms with Gasteiger partial charge in [-0.2, -0.15) is 0 Å². The van der Waals surface area contributed by atoms with Gasteiger partial charge in [0.1, 0.15) is 0 Å². The van der Waals surface area contributed by atoms with Gasteiger partial charge >= 0.3 is 0 Å². The van der Waals surface area contributed by atoms with Gasteiger partial charge in [0.15, 0.2) is 0 Å². The van der Waals surface area contributed by atoms with Gasteiger partial charge in [-0.1, -0.05) is 43.7 Å². The number of hydrogen-bond donors (Lipinski definition) is 2. The highest BCUT2D eigenvalue weighted by atomic mass is 16.2. The fourth-order valence-corrected chi connectivity index (χ4v) is 3.54. The lowest BCUT2D eigenvalue weighted by atomic mass is 9.95. The number of nitrogens with zero attached hydrogens (tertiary/aromatic N) is 1. The molecule has 1 fully saturated rings. The van der Waals surface area contributed by atoms with Crippen LogP contribution < -0.4 is 15.5 Å². The zero-order chi connectivity index (χ0) is 19.8. The van der Waals surface area contributed by atoms with Crippen LogP contribution in [0.2, 0.25) is 0 Å². The maximum atomic E-state index is 12.8. The SMILES string of the molecule is CCCCNC(=O)c1ccccc1NC(=O)C1CCN(c2ccccc2)CC1. The molecule has 0 unspecified atom stereocenters. The summed E-state index contributed by atoms with van der Waals surface area (Å²) in [6.07, 6.45) is 3.60. The molecule has 2 N–H and O–H groups in total. The zero-order valence-corrected chi connectivity index (χ0v) is 16.5. The molecule has 0 atom stereocenters. The molecule has 1 aliphatic rings. The average molecular weight is 380 g/mol. The van der Waals surface area contributed by atoms with Crippen LogP contribution in [-0.4, -0.2) is 31.4 Å². The summed E-state index contributed by atoms with van der Waals surface area (Å²) in [5.74, 6) is -0.166. The van der Waals surface area contributed by atoms with E-state index in [4.69, 9.17) is 0 Å². The number of benzene rings is 2. The van der Waals surface area contributed by atoms with E-state index >= 15 is 0 Å². The first-order chi connectivity index (χ1) is 13.7. The number of amides is 2. The molecular formula is C23H29N3O2. The Kier molecular flexibility index (Phi) is 7.06. The van der Waals surface area contributed by atoms with Crippen molar-refractivity contribution in [1.82, 2.24) is 5.32 Å². The summed E-state index contributed by atoms with van der Waals surface area (Å²) in [6, 6.07) is 17.5. The van der Waals surface area contributed by atoms with Gasteiger partial charge in [0, 0.05) is 31.2 Å². The molecule has 2 amide bonds. The number of anilines is 2. The van der Waals surface area contributed by atoms with Crippen molar-refractivity contribution in [3.8, 4) is 0 Å². The van der Waals surface area contributed by atoms with Crippen molar-refractivity contribution in [3.05, 3.63) is 60.2 Å². The van der Waals surface area contributed by atoms with Crippen molar-refractivity contribution in [2.75, 3.05) is 29.9 Å². The van der Waals surface area contributed by atoms with E-state index in [9.17, 15) is 9.59 Å². The van der Waals surface area contributed by atoms with Gasteiger partial charge in [-0.3, -0.25) is 9.59 Å². The zero-order valence-electron chi connectivity index (χ0n) is 16.5. The average Bonchev–Trinajstić information content (AvgIpc) is 2.75. The van der Waals surface area contributed by atoms with E-state index in [1.54, 1.807) is 12.1 Å². The predicted molar refractivity (Wildman–Crippen MR) is 114 cm³/mol. The highest BCUT2D eigenvalue weighted by molar-refractivity contribution is 6.04. The van der Waals surface area contributed by atoms with Crippen LogP contribution in [0.3, 0.4) is 0 Å². The molecule has 0 saturated carbocycles. The van der Waals surface area contributed by atoms with Crippen LogP contribution in [0, 0.1) is 5.92 Å². The summed E-state index contributed by atoms with van der Waals surface area (Å²) in [6.45, 7) is 4.46. The van der Waals surface area contributed by atoms with Crippen molar-refractivity contribution in [2.24, 2.45) is 5.92 Å². The molecule has 0 bridgehead atoms. The molecule has 5 nitrogen and oxygen atoms in total. The fourth-order valence-electron chi connectivity index (χ4n) is 3.54. The van der Waals surface area contributed by atoms with Crippen LogP contribution >= 0.6 is 0 Å². The minimum atomic E-state index is -0.136. The highest BCUT2D eigenvalue weighted by Gasteiger charge is 2.26. The van der Waals surface area contributed by atoms with E-state index in [-0.39, 0.29) is 17.7 Å². The smallest absolute Gasteiger partial charge is 0.253 e. The first-order valence-corrected chi connectivity index (χ1v) is 10.2. The molecule has 28 heavy (non-hydrogen) atoms. The largest absolute Gasteiger partial charge is 0.371 e. The molecule has 3 rings (SSSR count). The van der Waals surface area contributed by atoms with E-state index in [1.165, 1.54) is 5.69 Å². The van der Waals surface area contributed by atoms with Crippen LogP contribution in [0.15, 0.2) is 54.6 Å². The number of rotatable bonds is 7. The van der Waals surface area contributed by atoms with Gasteiger partial charge < -0.3 is 15.5 Å². The third kappa shape index (κ3) is 5.12. The van der Waals surface area contributed by atoms with E-state index in [0.29, 0.717) is 17.8 Å². The molecule has 0 spiro atoms. The van der Waals surface area contributed by atoms with Gasteiger partial charge in [-0.05, 0) is 43.5 Å². The van der Waals surface area contributed by atoms with Gasteiger partial charge in [-0.25, -0.2) is 0 Å². The summed E-state index contributed by atoms with van der Waals surface area (Å²) >= 11 is 0. The number of para-hydroxylation sites is 2. The molecule has 0 aromatic heterocycles. The van der Waals surface area contributed by atoms with Crippen molar-refractivity contribution >= 4 is 23.2 Å². The second-order valence-electron chi connectivity index (χ2n) is 7.24. The lowest BCUT2D eigenvalue weighted by molar-refractivity contribution is -0.120. The second kappa shape index (κ2) is 9.93. The van der Waals surface area contributed by atoms with Gasteiger partial charge in [0.2, 0.25) is 5.91 Å². The van der Waals surface area contributed by atoms with E-state index in [1.807, 2.05) is 30.3 Å². The topological polar surface area (TPSA) is 61.4 Å². The molecule has 0 aliphatic carbocycles. The number of unbranched alkanes of at least 4 members (excludes halogenated alkanes) is 1. The summed E-state index contributed by atoms with van der Waals surface area (Å²) in [5, 5.41) is 5.91. The van der Waals surface area contributed by atoms with Gasteiger partial charge in [0.25, 0.3) is 5.91 Å². The summed E-state index contributed by atoms with van der Waals surface area (Å²) in [4.78, 5) is 27.5. The molecule has 1 aliphatic heterocycles. The normalized spacial score (nSPS) is 14.5. The monoisotopic (exact) mass is 379 g/mol. The number of hydrogen-bond acceptors (Lipinski definition) is 3. The Morgan fingerprint density at radius 2 is 1.68 bits per heavy atom. The Morgan fingerprint density at radius 1 is 1.00 bits per heavy atom. The first kappa shape index (κ1) is 19.9. The molecule has 1 saturated heterocycles. The van der Waals surface area contributed by atoms with Crippen molar-refractivity contribution in [2.45, 2.75) is 32.6 Å². The highest BCUT2D eigenvalue weighted by Crippen LogP contribution is 2.25. The van der Waals surface area contributed by atoms with E-state index in [0.717, 1.165) is 38.8 Å². The Balaban J connectivity index is 1.57. The van der Waals surface area contributed by atoms with Gasteiger partial charge in [0.05, 0.1) is 11.3 Å². The second-order valence-corrected chi connectivity index (χ2v) is 7.24. The minimum absolute atomic E-state index is 0.00141. The Hall–Kier alpha value is -2.82. The van der Waals surface area contributed by atoms with E-state index < -0.39 is 0 Å². The third-order valence-corrected chi connectivity index (χ3v) is 5.23. The van der Waals surface area contributed by atoms with Crippen molar-refractivity contribution in [3.63, 3.8) is 0 Å². The molecular weight excluding hydrogens is 350 g/mol. The van der Waals surface area contributed by atoms with Crippen molar-refractivity contribution in [1.29, 1.82) is 0 Å². The fraction of sp³-hybridized carbons (Fsp3) is 0.391. The first-order valence-electron chi connectivity index (χ1n) is 10.2. The Morgan fingerprint density at radius 3 is 2.39 bits per heavy atom. The third-order valence-electron chi connectivity index (χ3n) is 5.23. The number of nitrogens with one attached hydrogen (secondary N) is 2. The van der Waals surface area contributed by atoms with Crippen LogP contribution in [0.1, 0.15) is 43.0 Å². The molecule has 5 heteroatoms. The Labute approximate surface area is 167 Å². The van der Waals surface area contributed by atoms with E-state index in [2.05, 4.69) is 34.6 Å². The summed E-state index contributed by atoms with van der Waals surface area (Å²) in [5.41, 5.74) is 2.32. The number of carbonyl (C=O) groups excluding carboxylic acids is 2. The number of carbonyl (C=O) groups is 2. The van der Waals surface area contributed by atoms with Crippen LogP contribution in [0.5, 0.6) is 0 Å². The lowest BCUT2D eigenvalue weighted by Crippen LogP contribution is -2.38. The Bertz CT molecular complexity index is 783.